The van der Waals surface area contributed by atoms with E-state index in [1.54, 1.807) is 0 Å². The summed E-state index contributed by atoms with van der Waals surface area (Å²) in [6.45, 7) is 8.97. The lowest BCUT2D eigenvalue weighted by Crippen LogP contribution is -2.32. The molecule has 0 spiro atoms. The molecular formula is C31H38P+. The molecule has 3 aromatic rings. The van der Waals surface area contributed by atoms with E-state index in [0.29, 0.717) is 0 Å². The van der Waals surface area contributed by atoms with Gasteiger partial charge in [0.05, 0.1) is 0 Å². The van der Waals surface area contributed by atoms with E-state index >= 15 is 0 Å². The number of unbranched alkanes of at least 4 members (excludes halogenated alkanes) is 6. The molecule has 0 aliphatic heterocycles. The third-order valence-corrected chi connectivity index (χ3v) is 10.6. The molecule has 0 aliphatic rings. The minimum absolute atomic E-state index is 1.11. The largest absolute Gasteiger partial charge is 0.144 e. The molecule has 0 saturated heterocycles. The highest BCUT2D eigenvalue weighted by Gasteiger charge is 2.49. The topological polar surface area (TPSA) is 0 Å². The summed E-state index contributed by atoms with van der Waals surface area (Å²) in [4.78, 5) is 0. The van der Waals surface area contributed by atoms with E-state index in [9.17, 15) is 0 Å². The Labute approximate surface area is 196 Å². The van der Waals surface area contributed by atoms with Crippen LogP contribution in [0.25, 0.3) is 0 Å². The molecule has 0 radical (unpaired) electrons. The van der Waals surface area contributed by atoms with Crippen molar-refractivity contribution < 1.29 is 0 Å². The normalized spacial score (nSPS) is 12.0. The molecule has 1 heteroatoms. The van der Waals surface area contributed by atoms with Crippen LogP contribution in [-0.2, 0) is 0 Å². The second-order valence-electron chi connectivity index (χ2n) is 8.60. The molecule has 0 saturated carbocycles. The Morgan fingerprint density at radius 2 is 1.06 bits per heavy atom. The van der Waals surface area contributed by atoms with Gasteiger partial charge in [0.15, 0.2) is 0 Å². The van der Waals surface area contributed by atoms with E-state index in [1.165, 1.54) is 65.3 Å². The summed E-state index contributed by atoms with van der Waals surface area (Å²) in [5, 5.41) is 5.62. The van der Waals surface area contributed by atoms with Crippen LogP contribution in [0.4, 0.5) is 0 Å². The summed E-state index contributed by atoms with van der Waals surface area (Å²) in [5.41, 5.74) is 1.18. The molecular weight excluding hydrogens is 403 g/mol. The molecule has 166 valence electrons. The summed E-state index contributed by atoms with van der Waals surface area (Å²) in [5.74, 6) is 0. The first kappa shape index (κ1) is 24.2. The van der Waals surface area contributed by atoms with Gasteiger partial charge in [-0.25, -0.2) is 0 Å². The van der Waals surface area contributed by atoms with E-state index in [-0.39, 0.29) is 0 Å². The second kappa shape index (κ2) is 12.6. The molecule has 0 fully saturated rings. The number of hydrogen-bond acceptors (Lipinski definition) is 0. The van der Waals surface area contributed by atoms with Crippen LogP contribution in [0.1, 0.15) is 58.8 Å². The van der Waals surface area contributed by atoms with Crippen molar-refractivity contribution in [3.8, 4) is 0 Å². The van der Waals surface area contributed by atoms with E-state index in [1.807, 2.05) is 0 Å². The van der Waals surface area contributed by atoms with Crippen molar-refractivity contribution in [2.24, 2.45) is 0 Å². The zero-order chi connectivity index (χ0) is 22.7. The van der Waals surface area contributed by atoms with Gasteiger partial charge in [-0.3, -0.25) is 0 Å². The fourth-order valence-electron chi connectivity index (χ4n) is 4.58. The molecule has 0 amide bonds. The first-order valence-electron chi connectivity index (χ1n) is 12.1. The molecule has 3 rings (SSSR count). The second-order valence-corrected chi connectivity index (χ2v) is 12.0. The molecule has 0 bridgehead atoms. The summed E-state index contributed by atoms with van der Waals surface area (Å²) in [6.07, 6.45) is 11.6. The van der Waals surface area contributed by atoms with Crippen LogP contribution in [0, 0.1) is 0 Å². The lowest BCUT2D eigenvalue weighted by atomic mass is 10.1. The third-order valence-electron chi connectivity index (χ3n) is 6.12. The van der Waals surface area contributed by atoms with Gasteiger partial charge in [-0.05, 0) is 67.8 Å². The summed E-state index contributed by atoms with van der Waals surface area (Å²) in [7, 11) is -2.02. The zero-order valence-electron chi connectivity index (χ0n) is 19.8. The third kappa shape index (κ3) is 5.67. The SMILES string of the molecule is C=C(C)/C(=C/CCCCCCCC)[P+](c1ccccc1)(c1ccccc1)c1ccccc1. The minimum atomic E-state index is -2.02. The molecule has 32 heavy (non-hydrogen) atoms. The molecule has 0 unspecified atom stereocenters. The van der Waals surface area contributed by atoms with Gasteiger partial charge in [-0.2, -0.15) is 0 Å². The smallest absolute Gasteiger partial charge is 0.0922 e. The average molecular weight is 442 g/mol. The first-order chi connectivity index (χ1) is 15.7. The Morgan fingerprint density at radius 1 is 0.656 bits per heavy atom. The van der Waals surface area contributed by atoms with Crippen molar-refractivity contribution in [1.82, 2.24) is 0 Å². The fourth-order valence-corrected chi connectivity index (χ4v) is 9.14. The Morgan fingerprint density at radius 3 is 1.47 bits per heavy atom. The summed E-state index contributed by atoms with van der Waals surface area (Å²) in [6, 6.07) is 33.3. The van der Waals surface area contributed by atoms with Gasteiger partial charge in [-0.15, -0.1) is 0 Å². The lowest BCUT2D eigenvalue weighted by molar-refractivity contribution is 0.611. The van der Waals surface area contributed by atoms with Crippen molar-refractivity contribution in [2.75, 3.05) is 0 Å². The molecule has 0 nitrogen and oxygen atoms in total. The molecule has 0 N–H and O–H groups in total. The predicted octanol–water partition coefficient (Wildman–Crippen LogP) is 8.19. The lowest BCUT2D eigenvalue weighted by Gasteiger charge is -2.30. The van der Waals surface area contributed by atoms with E-state index in [0.717, 1.165) is 6.42 Å². The van der Waals surface area contributed by atoms with Crippen LogP contribution < -0.4 is 15.9 Å². The predicted molar refractivity (Wildman–Crippen MR) is 146 cm³/mol. The average Bonchev–Trinajstić information content (AvgIpc) is 2.84. The van der Waals surface area contributed by atoms with Crippen molar-refractivity contribution in [3.63, 3.8) is 0 Å². The van der Waals surface area contributed by atoms with E-state index in [2.05, 4.69) is 117 Å². The van der Waals surface area contributed by atoms with Gasteiger partial charge in [0.2, 0.25) is 0 Å². The van der Waals surface area contributed by atoms with Crippen molar-refractivity contribution >= 4 is 23.2 Å². The number of allylic oxidation sites excluding steroid dienone is 3. The zero-order valence-corrected chi connectivity index (χ0v) is 20.7. The van der Waals surface area contributed by atoms with Gasteiger partial charge in [-0.1, -0.05) is 100 Å². The highest BCUT2D eigenvalue weighted by atomic mass is 31.2. The minimum Gasteiger partial charge on any atom is -0.0922 e. The van der Waals surface area contributed by atoms with Gasteiger partial charge in [0.25, 0.3) is 0 Å². The Hall–Kier alpha value is -2.43. The van der Waals surface area contributed by atoms with Gasteiger partial charge in [0.1, 0.15) is 28.5 Å². The quantitative estimate of drug-likeness (QED) is 0.151. The molecule has 3 aromatic carbocycles. The van der Waals surface area contributed by atoms with Crippen LogP contribution in [0.5, 0.6) is 0 Å². The fraction of sp³-hybridized carbons (Fsp3) is 0.290. The van der Waals surface area contributed by atoms with Crippen molar-refractivity contribution in [1.29, 1.82) is 0 Å². The first-order valence-corrected chi connectivity index (χ1v) is 13.9. The summed E-state index contributed by atoms with van der Waals surface area (Å²) < 4.78 is 0. The van der Waals surface area contributed by atoms with Gasteiger partial charge < -0.3 is 0 Å². The summed E-state index contributed by atoms with van der Waals surface area (Å²) >= 11 is 0. The van der Waals surface area contributed by atoms with Crippen LogP contribution in [0.3, 0.4) is 0 Å². The Bertz CT molecular complexity index is 874. The van der Waals surface area contributed by atoms with Gasteiger partial charge >= 0.3 is 0 Å². The Balaban J connectivity index is 2.11. The maximum absolute atomic E-state index is 4.50. The number of hydrogen-bond donors (Lipinski definition) is 0. The number of benzene rings is 3. The van der Waals surface area contributed by atoms with Crippen molar-refractivity contribution in [3.05, 3.63) is 115 Å². The van der Waals surface area contributed by atoms with Crippen LogP contribution in [0.2, 0.25) is 0 Å². The highest BCUT2D eigenvalue weighted by molar-refractivity contribution is 7.99. The Kier molecular flexibility index (Phi) is 9.51. The van der Waals surface area contributed by atoms with Gasteiger partial charge in [0, 0.05) is 0 Å². The van der Waals surface area contributed by atoms with Crippen molar-refractivity contribution in [2.45, 2.75) is 58.8 Å². The number of rotatable bonds is 12. The highest BCUT2D eigenvalue weighted by Crippen LogP contribution is 2.64. The van der Waals surface area contributed by atoms with E-state index < -0.39 is 7.26 Å². The molecule has 0 heterocycles. The molecule has 0 atom stereocenters. The van der Waals surface area contributed by atoms with Crippen LogP contribution >= 0.6 is 7.26 Å². The maximum atomic E-state index is 4.50. The monoisotopic (exact) mass is 441 g/mol. The van der Waals surface area contributed by atoms with E-state index in [4.69, 9.17) is 0 Å². The maximum Gasteiger partial charge on any atom is 0.144 e. The molecule has 0 aromatic heterocycles. The molecule has 0 aliphatic carbocycles. The standard InChI is InChI=1S/C31H38P/c1-4-5-6-7-8-9-19-26-31(27(2)3)32(28-20-13-10-14-21-28,29-22-15-11-16-23-29)30-24-17-12-18-25-30/h10-18,20-26H,2,4-9,19H2,1,3H3/q+1/b31-26-. The van der Waals surface area contributed by atoms with Crippen LogP contribution in [-0.4, -0.2) is 0 Å². The van der Waals surface area contributed by atoms with Crippen LogP contribution in [0.15, 0.2) is 115 Å².